The van der Waals surface area contributed by atoms with Crippen LogP contribution in [0.3, 0.4) is 0 Å². The van der Waals surface area contributed by atoms with Crippen LogP contribution < -0.4 is 0 Å². The number of aryl methyl sites for hydroxylation is 1. The summed E-state index contributed by atoms with van der Waals surface area (Å²) in [5, 5.41) is 2.67. The average molecular weight is 373 g/mol. The van der Waals surface area contributed by atoms with Gasteiger partial charge in [-0.15, -0.1) is 0 Å². The molecule has 140 valence electrons. The van der Waals surface area contributed by atoms with Gasteiger partial charge in [0.15, 0.2) is 0 Å². The molecule has 5 aromatic rings. The van der Waals surface area contributed by atoms with Gasteiger partial charge in [0.1, 0.15) is 0 Å². The van der Waals surface area contributed by atoms with Crippen molar-refractivity contribution in [3.8, 4) is 16.8 Å². The number of benzene rings is 4. The first-order valence-corrected chi connectivity index (χ1v) is 10.3. The van der Waals surface area contributed by atoms with Crippen LogP contribution >= 0.6 is 0 Å². The highest BCUT2D eigenvalue weighted by molar-refractivity contribution is 6.13. The predicted octanol–water partition coefficient (Wildman–Crippen LogP) is 7.40. The van der Waals surface area contributed by atoms with Crippen molar-refractivity contribution in [3.63, 3.8) is 0 Å². The number of para-hydroxylation sites is 1. The number of hydrogen-bond acceptors (Lipinski definition) is 0. The first-order valence-electron chi connectivity index (χ1n) is 10.3. The Balaban J connectivity index is 1.86. The quantitative estimate of drug-likeness (QED) is 0.288. The van der Waals surface area contributed by atoms with E-state index < -0.39 is 0 Å². The largest absolute Gasteiger partial charge is 0.309 e. The van der Waals surface area contributed by atoms with E-state index in [1.165, 1.54) is 55.3 Å². The van der Waals surface area contributed by atoms with E-state index in [0.717, 1.165) is 0 Å². The lowest BCUT2D eigenvalue weighted by Crippen LogP contribution is -2.16. The van der Waals surface area contributed by atoms with Crippen molar-refractivity contribution in [3.05, 3.63) is 102 Å². The molecule has 4 aromatic carbocycles. The smallest absolute Gasteiger partial charge is 0.0588 e. The van der Waals surface area contributed by atoms with Crippen LogP contribution in [0, 0.1) is 6.92 Å². The average Bonchev–Trinajstić information content (AvgIpc) is 3.18. The van der Waals surface area contributed by atoms with Crippen LogP contribution in [0.1, 0.15) is 30.5 Å². The number of nitrogens with zero attached hydrogens (tertiary/aromatic N) is 1. The van der Waals surface area contributed by atoms with Crippen LogP contribution in [0.5, 0.6) is 0 Å². The molecule has 1 aliphatic carbocycles. The maximum atomic E-state index is 2.47. The molecule has 0 unspecified atom stereocenters. The SMILES string of the molecule is Cc1ccc2c(c1)c1ccc3c(c1n2-c1ccccc1)C(C)(C)c1ccccc1-3. The van der Waals surface area contributed by atoms with Crippen LogP contribution in [0.25, 0.3) is 38.6 Å². The molecule has 0 bridgehead atoms. The number of fused-ring (bicyclic) bond motifs is 7. The Labute approximate surface area is 171 Å². The Morgan fingerprint density at radius 3 is 2.28 bits per heavy atom. The summed E-state index contributed by atoms with van der Waals surface area (Å²) in [6.45, 7) is 6.92. The lowest BCUT2D eigenvalue weighted by Gasteiger charge is -2.23. The Kier molecular flexibility index (Phi) is 3.21. The fourth-order valence-electron chi connectivity index (χ4n) is 5.32. The second-order valence-electron chi connectivity index (χ2n) is 8.75. The van der Waals surface area contributed by atoms with Crippen molar-refractivity contribution < 1.29 is 0 Å². The molecule has 1 aromatic heterocycles. The molecular formula is C28H23N. The van der Waals surface area contributed by atoms with E-state index in [2.05, 4.69) is 110 Å². The van der Waals surface area contributed by atoms with Gasteiger partial charge in [0.25, 0.3) is 0 Å². The third kappa shape index (κ3) is 2.10. The van der Waals surface area contributed by atoms with Gasteiger partial charge in [-0.25, -0.2) is 0 Å². The molecule has 6 rings (SSSR count). The van der Waals surface area contributed by atoms with E-state index >= 15 is 0 Å². The summed E-state index contributed by atoms with van der Waals surface area (Å²) in [5.74, 6) is 0. The summed E-state index contributed by atoms with van der Waals surface area (Å²) < 4.78 is 2.47. The standard InChI is InChI=1S/C28H23N/c1-18-13-16-25-23(17-18)22-15-14-21-20-11-7-8-12-24(20)28(2,3)26(21)27(22)29(25)19-9-5-4-6-10-19/h4-17H,1-3H3. The Bertz CT molecular complexity index is 1420. The second kappa shape index (κ2) is 5.61. The summed E-state index contributed by atoms with van der Waals surface area (Å²) in [5.41, 5.74) is 10.7. The topological polar surface area (TPSA) is 4.93 Å². The summed E-state index contributed by atoms with van der Waals surface area (Å²) >= 11 is 0. The molecule has 1 heteroatoms. The number of hydrogen-bond donors (Lipinski definition) is 0. The van der Waals surface area contributed by atoms with E-state index in [9.17, 15) is 0 Å². The second-order valence-corrected chi connectivity index (χ2v) is 8.75. The van der Waals surface area contributed by atoms with Gasteiger partial charge >= 0.3 is 0 Å². The van der Waals surface area contributed by atoms with Gasteiger partial charge in [-0.1, -0.05) is 80.1 Å². The van der Waals surface area contributed by atoms with Crippen molar-refractivity contribution in [1.82, 2.24) is 4.57 Å². The molecule has 0 N–H and O–H groups in total. The molecule has 1 nitrogen and oxygen atoms in total. The minimum Gasteiger partial charge on any atom is -0.309 e. The maximum Gasteiger partial charge on any atom is 0.0588 e. The van der Waals surface area contributed by atoms with Crippen molar-refractivity contribution in [2.24, 2.45) is 0 Å². The zero-order valence-corrected chi connectivity index (χ0v) is 17.0. The maximum absolute atomic E-state index is 2.47. The summed E-state index contributed by atoms with van der Waals surface area (Å²) in [7, 11) is 0. The van der Waals surface area contributed by atoms with Crippen LogP contribution in [-0.4, -0.2) is 4.57 Å². The van der Waals surface area contributed by atoms with Crippen molar-refractivity contribution in [2.75, 3.05) is 0 Å². The fourth-order valence-corrected chi connectivity index (χ4v) is 5.32. The van der Waals surface area contributed by atoms with Crippen LogP contribution in [0.4, 0.5) is 0 Å². The Morgan fingerprint density at radius 2 is 1.45 bits per heavy atom. The molecular weight excluding hydrogens is 350 g/mol. The van der Waals surface area contributed by atoms with E-state index in [0.29, 0.717) is 0 Å². The molecule has 0 saturated carbocycles. The third-order valence-corrected chi connectivity index (χ3v) is 6.61. The molecule has 0 atom stereocenters. The van der Waals surface area contributed by atoms with Crippen molar-refractivity contribution in [2.45, 2.75) is 26.2 Å². The highest BCUT2D eigenvalue weighted by atomic mass is 15.0. The van der Waals surface area contributed by atoms with Crippen molar-refractivity contribution >= 4 is 21.8 Å². The van der Waals surface area contributed by atoms with Crippen molar-refractivity contribution in [1.29, 1.82) is 0 Å². The Hall–Kier alpha value is -3.32. The van der Waals surface area contributed by atoms with Crippen LogP contribution in [0.2, 0.25) is 0 Å². The number of aromatic nitrogens is 1. The van der Waals surface area contributed by atoms with E-state index in [1.807, 2.05) is 0 Å². The highest BCUT2D eigenvalue weighted by Crippen LogP contribution is 2.52. The van der Waals surface area contributed by atoms with Gasteiger partial charge in [-0.05, 0) is 53.4 Å². The predicted molar refractivity (Wildman–Crippen MR) is 123 cm³/mol. The molecule has 1 aliphatic rings. The summed E-state index contributed by atoms with van der Waals surface area (Å²) in [4.78, 5) is 0. The van der Waals surface area contributed by atoms with Crippen LogP contribution in [-0.2, 0) is 5.41 Å². The zero-order chi connectivity index (χ0) is 19.8. The molecule has 0 radical (unpaired) electrons. The van der Waals surface area contributed by atoms with Gasteiger partial charge in [-0.3, -0.25) is 0 Å². The molecule has 0 spiro atoms. The van der Waals surface area contributed by atoms with Crippen LogP contribution in [0.15, 0.2) is 84.9 Å². The van der Waals surface area contributed by atoms with Gasteiger partial charge in [0, 0.05) is 21.9 Å². The third-order valence-electron chi connectivity index (χ3n) is 6.61. The van der Waals surface area contributed by atoms with Gasteiger partial charge in [0.05, 0.1) is 11.0 Å². The lowest BCUT2D eigenvalue weighted by molar-refractivity contribution is 0.664. The lowest BCUT2D eigenvalue weighted by atomic mass is 9.81. The first-order chi connectivity index (χ1) is 14.1. The van der Waals surface area contributed by atoms with Gasteiger partial charge in [0.2, 0.25) is 0 Å². The molecule has 0 saturated heterocycles. The first kappa shape index (κ1) is 16.6. The van der Waals surface area contributed by atoms with E-state index in [1.54, 1.807) is 0 Å². The van der Waals surface area contributed by atoms with E-state index in [4.69, 9.17) is 0 Å². The highest BCUT2D eigenvalue weighted by Gasteiger charge is 2.38. The molecule has 1 heterocycles. The molecule has 0 fully saturated rings. The van der Waals surface area contributed by atoms with Gasteiger partial charge in [-0.2, -0.15) is 0 Å². The Morgan fingerprint density at radius 1 is 0.690 bits per heavy atom. The summed E-state index contributed by atoms with van der Waals surface area (Å²) in [6.07, 6.45) is 0. The minimum atomic E-state index is -0.0403. The molecule has 0 aliphatic heterocycles. The normalized spacial score (nSPS) is 14.3. The molecule has 0 amide bonds. The summed E-state index contributed by atoms with van der Waals surface area (Å²) in [6, 6.07) is 31.2. The monoisotopic (exact) mass is 373 g/mol. The zero-order valence-electron chi connectivity index (χ0n) is 17.0. The minimum absolute atomic E-state index is 0.0403. The fraction of sp³-hybridized carbons (Fsp3) is 0.143. The van der Waals surface area contributed by atoms with E-state index in [-0.39, 0.29) is 5.41 Å². The molecule has 29 heavy (non-hydrogen) atoms. The number of rotatable bonds is 1. The van der Waals surface area contributed by atoms with Gasteiger partial charge < -0.3 is 4.57 Å².